The lowest BCUT2D eigenvalue weighted by molar-refractivity contribution is -0.124. The maximum atomic E-state index is 12.5. The Labute approximate surface area is 159 Å². The van der Waals surface area contributed by atoms with Gasteiger partial charge in [0.1, 0.15) is 6.07 Å². The fourth-order valence-electron chi connectivity index (χ4n) is 3.32. The number of halogens is 1. The number of amides is 1. The number of carbonyl (C=O) groups is 2. The molecule has 0 heterocycles. The Balaban J connectivity index is 2.18. The molecule has 0 spiro atoms. The first-order chi connectivity index (χ1) is 12.1. The average molecular weight is 369 g/mol. The molecule has 0 bridgehead atoms. The van der Waals surface area contributed by atoms with Crippen LogP contribution in [0.15, 0.2) is 35.9 Å². The summed E-state index contributed by atoms with van der Waals surface area (Å²) >= 11 is 5.85. The highest BCUT2D eigenvalue weighted by Crippen LogP contribution is 2.44. The van der Waals surface area contributed by atoms with Gasteiger partial charge < -0.3 is 4.90 Å². The van der Waals surface area contributed by atoms with Gasteiger partial charge in [0.15, 0.2) is 5.78 Å². The molecule has 4 nitrogen and oxygen atoms in total. The Morgan fingerprint density at radius 2 is 1.96 bits per heavy atom. The molecule has 0 N–H and O–H groups in total. The fraction of sp³-hybridized carbons (Fsp3) is 0.381. The van der Waals surface area contributed by atoms with Crippen molar-refractivity contribution in [3.63, 3.8) is 0 Å². The van der Waals surface area contributed by atoms with Gasteiger partial charge in [-0.3, -0.25) is 9.59 Å². The monoisotopic (exact) mass is 368 g/mol. The lowest BCUT2D eigenvalue weighted by Crippen LogP contribution is -2.40. The zero-order valence-electron chi connectivity index (χ0n) is 15.2. The van der Waals surface area contributed by atoms with Gasteiger partial charge in [0.25, 0.3) is 5.91 Å². The third-order valence-corrected chi connectivity index (χ3v) is 5.03. The van der Waals surface area contributed by atoms with E-state index in [0.717, 1.165) is 0 Å². The smallest absolute Gasteiger partial charge is 0.253 e. The second kappa shape index (κ2) is 7.36. The predicted octanol–water partition coefficient (Wildman–Crippen LogP) is 3.87. The van der Waals surface area contributed by atoms with Gasteiger partial charge in [0, 0.05) is 29.6 Å². The quantitative estimate of drug-likeness (QED) is 0.758. The van der Waals surface area contributed by atoms with Crippen molar-refractivity contribution in [3.05, 3.63) is 46.5 Å². The first-order valence-electron chi connectivity index (χ1n) is 8.31. The molecule has 134 valence electrons. The minimum absolute atomic E-state index is 0.103. The molecule has 1 atom stereocenters. The highest BCUT2D eigenvalue weighted by molar-refractivity contribution is 6.30. The number of ketones is 1. The second-order valence-electron chi connectivity index (χ2n) is 7.34. The van der Waals surface area contributed by atoms with Gasteiger partial charge in [-0.2, -0.15) is 5.26 Å². The third-order valence-electron chi connectivity index (χ3n) is 4.78. The maximum absolute atomic E-state index is 12.5. The highest BCUT2D eigenvalue weighted by atomic mass is 35.5. The van der Waals surface area contributed by atoms with Crippen LogP contribution >= 0.6 is 11.6 Å². The Morgan fingerprint density at radius 3 is 2.50 bits per heavy atom. The zero-order chi connectivity index (χ0) is 19.5. The van der Waals surface area contributed by atoms with Gasteiger partial charge in [-0.1, -0.05) is 31.4 Å². The van der Waals surface area contributed by atoms with E-state index in [2.05, 4.69) is 5.92 Å². The maximum Gasteiger partial charge on any atom is 0.253 e. The summed E-state index contributed by atoms with van der Waals surface area (Å²) in [5.41, 5.74) is -0.785. The molecule has 0 saturated carbocycles. The molecule has 0 unspecified atom stereocenters. The van der Waals surface area contributed by atoms with E-state index in [-0.39, 0.29) is 17.3 Å². The van der Waals surface area contributed by atoms with Crippen molar-refractivity contribution in [1.82, 2.24) is 4.90 Å². The standard InChI is InChI=1S/C21H21ClN2O2/c1-5-21(12-16(13-23)18(25)20(2,3)14-21)10-11-24(4)19(26)15-6-8-17(22)9-7-15/h1,6-9,12H,10-11,14H2,2-4H3/t21-/m1/s1. The Kier molecular flexibility index (Phi) is 5.59. The van der Waals surface area contributed by atoms with Crippen LogP contribution in [0.2, 0.25) is 5.02 Å². The molecule has 1 aliphatic rings. The third kappa shape index (κ3) is 3.98. The fourth-order valence-corrected chi connectivity index (χ4v) is 3.44. The first-order valence-corrected chi connectivity index (χ1v) is 8.68. The van der Waals surface area contributed by atoms with Crippen LogP contribution in [-0.2, 0) is 4.79 Å². The zero-order valence-corrected chi connectivity index (χ0v) is 15.9. The molecule has 5 heteroatoms. The number of nitriles is 1. The summed E-state index contributed by atoms with van der Waals surface area (Å²) < 4.78 is 0. The molecular formula is C21H21ClN2O2. The van der Waals surface area contributed by atoms with E-state index in [9.17, 15) is 14.9 Å². The SMILES string of the molecule is C#C[C@@]1(CCN(C)C(=O)c2ccc(Cl)cc2)C=C(C#N)C(=O)C(C)(C)C1. The van der Waals surface area contributed by atoms with E-state index < -0.39 is 10.8 Å². The molecule has 0 radical (unpaired) electrons. The summed E-state index contributed by atoms with van der Waals surface area (Å²) in [6.45, 7) is 4.01. The number of hydrogen-bond acceptors (Lipinski definition) is 3. The molecule has 1 amide bonds. The van der Waals surface area contributed by atoms with Crippen molar-refractivity contribution in [3.8, 4) is 18.4 Å². The van der Waals surface area contributed by atoms with Crippen molar-refractivity contribution >= 4 is 23.3 Å². The average Bonchev–Trinajstić information content (AvgIpc) is 2.62. The second-order valence-corrected chi connectivity index (χ2v) is 7.78. The van der Waals surface area contributed by atoms with Crippen molar-refractivity contribution in [1.29, 1.82) is 5.26 Å². The number of nitrogens with zero attached hydrogens (tertiary/aromatic N) is 2. The molecule has 1 aromatic rings. The van der Waals surface area contributed by atoms with E-state index in [4.69, 9.17) is 18.0 Å². The molecule has 0 fully saturated rings. The van der Waals surface area contributed by atoms with Crippen LogP contribution in [0.4, 0.5) is 0 Å². The van der Waals surface area contributed by atoms with Crippen molar-refractivity contribution in [2.45, 2.75) is 26.7 Å². The number of allylic oxidation sites excluding steroid dienone is 2. The summed E-state index contributed by atoms with van der Waals surface area (Å²) in [5.74, 6) is 2.45. The van der Waals surface area contributed by atoms with E-state index in [1.54, 1.807) is 56.1 Å². The molecular weight excluding hydrogens is 348 g/mol. The van der Waals surface area contributed by atoms with Crippen molar-refractivity contribution in [2.24, 2.45) is 10.8 Å². The van der Waals surface area contributed by atoms with Crippen molar-refractivity contribution < 1.29 is 9.59 Å². The van der Waals surface area contributed by atoms with Gasteiger partial charge in [-0.25, -0.2) is 0 Å². The Bertz CT molecular complexity index is 840. The number of terminal acetylenes is 1. The summed E-state index contributed by atoms with van der Waals surface area (Å²) in [4.78, 5) is 26.4. The first kappa shape index (κ1) is 19.8. The number of hydrogen-bond donors (Lipinski definition) is 0. The van der Waals surface area contributed by atoms with Crippen LogP contribution < -0.4 is 0 Å². The Morgan fingerprint density at radius 1 is 1.35 bits per heavy atom. The summed E-state index contributed by atoms with van der Waals surface area (Å²) in [7, 11) is 1.70. The molecule has 1 aromatic carbocycles. The minimum atomic E-state index is -0.725. The summed E-state index contributed by atoms with van der Waals surface area (Å²) in [6.07, 6.45) is 8.30. The molecule has 0 saturated heterocycles. The van der Waals surface area contributed by atoms with Gasteiger partial charge in [0.2, 0.25) is 0 Å². The number of benzene rings is 1. The Hall–Kier alpha value is -2.56. The minimum Gasteiger partial charge on any atom is -0.342 e. The van der Waals surface area contributed by atoms with Gasteiger partial charge in [-0.15, -0.1) is 6.42 Å². The van der Waals surface area contributed by atoms with Crippen LogP contribution in [0.25, 0.3) is 0 Å². The highest BCUT2D eigenvalue weighted by Gasteiger charge is 2.44. The predicted molar refractivity (Wildman–Crippen MR) is 101 cm³/mol. The normalized spacial score (nSPS) is 21.3. The van der Waals surface area contributed by atoms with Crippen LogP contribution in [-0.4, -0.2) is 30.2 Å². The van der Waals surface area contributed by atoms with E-state index >= 15 is 0 Å². The van der Waals surface area contributed by atoms with Gasteiger partial charge >= 0.3 is 0 Å². The summed E-state index contributed by atoms with van der Waals surface area (Å²) in [5, 5.41) is 9.84. The van der Waals surface area contributed by atoms with Crippen LogP contribution in [0.1, 0.15) is 37.0 Å². The van der Waals surface area contributed by atoms with Gasteiger partial charge in [0.05, 0.1) is 11.0 Å². The van der Waals surface area contributed by atoms with E-state index in [1.807, 2.05) is 6.07 Å². The molecule has 0 aromatic heterocycles. The van der Waals surface area contributed by atoms with Crippen LogP contribution in [0.3, 0.4) is 0 Å². The molecule has 26 heavy (non-hydrogen) atoms. The van der Waals surface area contributed by atoms with Crippen LogP contribution in [0, 0.1) is 34.5 Å². The molecule has 2 rings (SSSR count). The van der Waals surface area contributed by atoms with E-state index in [0.29, 0.717) is 30.0 Å². The van der Waals surface area contributed by atoms with Crippen molar-refractivity contribution in [2.75, 3.05) is 13.6 Å². The lowest BCUT2D eigenvalue weighted by atomic mass is 9.63. The van der Waals surface area contributed by atoms with E-state index in [1.165, 1.54) is 0 Å². The number of carbonyl (C=O) groups excluding carboxylic acids is 2. The lowest BCUT2D eigenvalue weighted by Gasteiger charge is -2.38. The number of rotatable bonds is 4. The largest absolute Gasteiger partial charge is 0.342 e. The number of Topliss-reactive ketones (excluding diaryl/α,β-unsaturated/α-hetero) is 1. The van der Waals surface area contributed by atoms with Gasteiger partial charge in [-0.05, 0) is 43.2 Å². The summed E-state index contributed by atoms with van der Waals surface area (Å²) in [6, 6.07) is 8.65. The van der Waals surface area contributed by atoms with Crippen LogP contribution in [0.5, 0.6) is 0 Å². The topological polar surface area (TPSA) is 61.2 Å². The molecule has 1 aliphatic carbocycles. The molecule has 0 aliphatic heterocycles.